The van der Waals surface area contributed by atoms with E-state index in [4.69, 9.17) is 14.2 Å². The Hall–Kier alpha value is -1.59. The Kier molecular flexibility index (Phi) is 13.7. The zero-order chi connectivity index (χ0) is 18.0. The topological polar surface area (TPSA) is 56.8 Å². The van der Waals surface area contributed by atoms with Crippen molar-refractivity contribution < 1.29 is 19.0 Å². The van der Waals surface area contributed by atoms with E-state index in [0.29, 0.717) is 26.4 Å². The van der Waals surface area contributed by atoms with Crippen LogP contribution in [0.5, 0.6) is 0 Å². The molecule has 0 spiro atoms. The average molecular weight is 351 g/mol. The van der Waals surface area contributed by atoms with Crippen LogP contribution in [0.4, 0.5) is 4.79 Å². The largest absolute Gasteiger partial charge is 0.445 e. The molecule has 0 unspecified atom stereocenters. The molecule has 0 aliphatic rings. The Morgan fingerprint density at radius 2 is 1.56 bits per heavy atom. The molecule has 0 radical (unpaired) electrons. The van der Waals surface area contributed by atoms with Gasteiger partial charge in [-0.3, -0.25) is 0 Å². The van der Waals surface area contributed by atoms with Gasteiger partial charge in [-0.2, -0.15) is 0 Å². The van der Waals surface area contributed by atoms with Gasteiger partial charge in [0.15, 0.2) is 0 Å². The quantitative estimate of drug-likeness (QED) is 0.479. The van der Waals surface area contributed by atoms with E-state index in [1.165, 1.54) is 32.1 Å². The third-order valence-corrected chi connectivity index (χ3v) is 3.74. The SMILES string of the molecule is CCCCCCCCOCCOCCNC(=O)OCc1ccccc1. The van der Waals surface area contributed by atoms with Crippen LogP contribution in [-0.4, -0.2) is 39.1 Å². The highest BCUT2D eigenvalue weighted by Crippen LogP contribution is 2.04. The minimum Gasteiger partial charge on any atom is -0.445 e. The van der Waals surface area contributed by atoms with Crippen molar-refractivity contribution in [3.63, 3.8) is 0 Å². The molecule has 0 heterocycles. The number of hydrogen-bond donors (Lipinski definition) is 1. The number of carbonyl (C=O) groups is 1. The fourth-order valence-electron chi connectivity index (χ4n) is 2.31. The molecule has 0 saturated carbocycles. The maximum atomic E-state index is 11.5. The molecule has 142 valence electrons. The number of amides is 1. The van der Waals surface area contributed by atoms with Crippen LogP contribution in [0, 0.1) is 0 Å². The highest BCUT2D eigenvalue weighted by molar-refractivity contribution is 5.67. The second-order valence-electron chi connectivity index (χ2n) is 5.98. The van der Waals surface area contributed by atoms with Gasteiger partial charge >= 0.3 is 6.09 Å². The molecule has 0 bridgehead atoms. The molecule has 5 nitrogen and oxygen atoms in total. The summed E-state index contributed by atoms with van der Waals surface area (Å²) >= 11 is 0. The highest BCUT2D eigenvalue weighted by atomic mass is 16.5. The van der Waals surface area contributed by atoms with Crippen molar-refractivity contribution in [2.45, 2.75) is 52.1 Å². The van der Waals surface area contributed by atoms with E-state index >= 15 is 0 Å². The van der Waals surface area contributed by atoms with Gasteiger partial charge in [-0.05, 0) is 12.0 Å². The minimum atomic E-state index is -0.424. The first kappa shape index (κ1) is 21.5. The number of alkyl carbamates (subject to hydrolysis) is 1. The first-order chi connectivity index (χ1) is 12.3. The normalized spacial score (nSPS) is 10.6. The first-order valence-corrected chi connectivity index (χ1v) is 9.43. The fourth-order valence-corrected chi connectivity index (χ4v) is 2.31. The summed E-state index contributed by atoms with van der Waals surface area (Å²) in [6, 6.07) is 9.60. The van der Waals surface area contributed by atoms with Gasteiger partial charge in [0.1, 0.15) is 6.61 Å². The van der Waals surface area contributed by atoms with Gasteiger partial charge in [0, 0.05) is 13.2 Å². The van der Waals surface area contributed by atoms with Gasteiger partial charge in [0.2, 0.25) is 0 Å². The second-order valence-corrected chi connectivity index (χ2v) is 5.98. The van der Waals surface area contributed by atoms with E-state index in [0.717, 1.165) is 18.6 Å². The summed E-state index contributed by atoms with van der Waals surface area (Å²) in [5, 5.41) is 2.66. The Labute approximate surface area is 152 Å². The Bertz CT molecular complexity index is 425. The monoisotopic (exact) mass is 351 g/mol. The molecule has 1 aromatic carbocycles. The Balaban J connectivity index is 1.80. The number of carbonyl (C=O) groups excluding carboxylic acids is 1. The minimum absolute atomic E-state index is 0.278. The van der Waals surface area contributed by atoms with Gasteiger partial charge in [-0.25, -0.2) is 4.79 Å². The summed E-state index contributed by atoms with van der Waals surface area (Å²) in [7, 11) is 0. The molecule has 1 aromatic rings. The highest BCUT2D eigenvalue weighted by Gasteiger charge is 2.01. The van der Waals surface area contributed by atoms with Crippen LogP contribution < -0.4 is 5.32 Å². The molecule has 0 saturated heterocycles. The van der Waals surface area contributed by atoms with Crippen molar-refractivity contribution in [3.05, 3.63) is 35.9 Å². The molecule has 5 heteroatoms. The Morgan fingerprint density at radius 1 is 0.880 bits per heavy atom. The molecule has 0 aliphatic heterocycles. The summed E-state index contributed by atoms with van der Waals surface area (Å²) < 4.78 is 16.0. The first-order valence-electron chi connectivity index (χ1n) is 9.43. The van der Waals surface area contributed by atoms with Crippen LogP contribution >= 0.6 is 0 Å². The van der Waals surface area contributed by atoms with E-state index < -0.39 is 6.09 Å². The van der Waals surface area contributed by atoms with Gasteiger partial charge < -0.3 is 19.5 Å². The summed E-state index contributed by atoms with van der Waals surface area (Å²) in [6.45, 7) is 5.36. The molecule has 1 N–H and O–H groups in total. The van der Waals surface area contributed by atoms with E-state index in [-0.39, 0.29) is 6.61 Å². The average Bonchev–Trinajstić information content (AvgIpc) is 2.64. The summed E-state index contributed by atoms with van der Waals surface area (Å²) in [4.78, 5) is 11.5. The van der Waals surface area contributed by atoms with Gasteiger partial charge in [-0.15, -0.1) is 0 Å². The van der Waals surface area contributed by atoms with E-state index in [1.54, 1.807) is 0 Å². The third kappa shape index (κ3) is 13.4. The second kappa shape index (κ2) is 15.9. The summed E-state index contributed by atoms with van der Waals surface area (Å²) in [5.41, 5.74) is 0.969. The van der Waals surface area contributed by atoms with Crippen LogP contribution in [0.2, 0.25) is 0 Å². The lowest BCUT2D eigenvalue weighted by molar-refractivity contribution is 0.0467. The summed E-state index contributed by atoms with van der Waals surface area (Å²) in [5.74, 6) is 0. The van der Waals surface area contributed by atoms with Crippen molar-refractivity contribution in [2.24, 2.45) is 0 Å². The lowest BCUT2D eigenvalue weighted by atomic mass is 10.1. The zero-order valence-corrected chi connectivity index (χ0v) is 15.5. The molecular weight excluding hydrogens is 318 g/mol. The van der Waals surface area contributed by atoms with Crippen LogP contribution in [0.3, 0.4) is 0 Å². The number of ether oxygens (including phenoxy) is 3. The molecule has 0 atom stereocenters. The molecule has 0 aliphatic carbocycles. The molecule has 1 amide bonds. The van der Waals surface area contributed by atoms with E-state index in [9.17, 15) is 4.79 Å². The van der Waals surface area contributed by atoms with Crippen LogP contribution in [0.15, 0.2) is 30.3 Å². The van der Waals surface area contributed by atoms with Crippen molar-refractivity contribution in [1.82, 2.24) is 5.32 Å². The maximum absolute atomic E-state index is 11.5. The fraction of sp³-hybridized carbons (Fsp3) is 0.650. The van der Waals surface area contributed by atoms with Crippen molar-refractivity contribution in [2.75, 3.05) is 33.0 Å². The molecule has 1 rings (SSSR count). The predicted molar refractivity (Wildman–Crippen MR) is 99.6 cm³/mol. The van der Waals surface area contributed by atoms with Crippen LogP contribution in [0.25, 0.3) is 0 Å². The molecule has 0 aromatic heterocycles. The smallest absolute Gasteiger partial charge is 0.407 e. The predicted octanol–water partition coefficient (Wildman–Crippen LogP) is 4.31. The lowest BCUT2D eigenvalue weighted by Gasteiger charge is -2.08. The van der Waals surface area contributed by atoms with Gasteiger partial charge in [0.05, 0.1) is 19.8 Å². The number of hydrogen-bond acceptors (Lipinski definition) is 4. The van der Waals surface area contributed by atoms with Gasteiger partial charge in [-0.1, -0.05) is 69.4 Å². The molecular formula is C20H33NO4. The summed E-state index contributed by atoms with van der Waals surface area (Å²) in [6.07, 6.45) is 7.21. The number of nitrogens with one attached hydrogen (secondary N) is 1. The number of unbranched alkanes of at least 4 members (excludes halogenated alkanes) is 5. The molecule has 25 heavy (non-hydrogen) atoms. The van der Waals surface area contributed by atoms with Crippen molar-refractivity contribution in [3.8, 4) is 0 Å². The Morgan fingerprint density at radius 3 is 2.32 bits per heavy atom. The molecule has 0 fully saturated rings. The van der Waals surface area contributed by atoms with Crippen molar-refractivity contribution in [1.29, 1.82) is 0 Å². The lowest BCUT2D eigenvalue weighted by Crippen LogP contribution is -2.28. The zero-order valence-electron chi connectivity index (χ0n) is 15.5. The number of rotatable bonds is 15. The van der Waals surface area contributed by atoms with E-state index in [1.807, 2.05) is 30.3 Å². The van der Waals surface area contributed by atoms with Crippen LogP contribution in [-0.2, 0) is 20.8 Å². The third-order valence-electron chi connectivity index (χ3n) is 3.74. The van der Waals surface area contributed by atoms with Gasteiger partial charge in [0.25, 0.3) is 0 Å². The standard InChI is InChI=1S/C20H33NO4/c1-2-3-4-5-6-10-14-23-16-17-24-15-13-21-20(22)25-18-19-11-8-7-9-12-19/h7-9,11-12H,2-6,10,13-18H2,1H3,(H,21,22). The van der Waals surface area contributed by atoms with E-state index in [2.05, 4.69) is 12.2 Å². The van der Waals surface area contributed by atoms with Crippen molar-refractivity contribution >= 4 is 6.09 Å². The maximum Gasteiger partial charge on any atom is 0.407 e. The number of benzene rings is 1. The van der Waals surface area contributed by atoms with Crippen LogP contribution in [0.1, 0.15) is 51.0 Å².